The number of aromatic nitrogens is 1. The number of rotatable bonds is 2. The van der Waals surface area contributed by atoms with E-state index in [1.165, 1.54) is 11.0 Å². The van der Waals surface area contributed by atoms with Crippen LogP contribution in [0.4, 0.5) is 4.39 Å². The van der Waals surface area contributed by atoms with Crippen LogP contribution in [0.3, 0.4) is 0 Å². The van der Waals surface area contributed by atoms with Crippen molar-refractivity contribution in [1.29, 1.82) is 10.8 Å². The summed E-state index contributed by atoms with van der Waals surface area (Å²) in [5, 5.41) is 16.6. The first-order chi connectivity index (χ1) is 13.6. The number of nitrogens with zero attached hydrogens (tertiary/aromatic N) is 3. The number of aryl methyl sites for hydroxylation is 1. The SMILES string of the molecule is Cc1cccc(C(=N)N2CC(C)N(C(=O)c3ccc(F)c(Cl)c3Cl)C(C)C2=N)n1. The lowest BCUT2D eigenvalue weighted by Gasteiger charge is -2.45. The third-order valence-electron chi connectivity index (χ3n) is 4.93. The van der Waals surface area contributed by atoms with Crippen molar-refractivity contribution in [2.24, 2.45) is 0 Å². The molecule has 1 aliphatic rings. The van der Waals surface area contributed by atoms with Crippen molar-refractivity contribution in [2.45, 2.75) is 32.9 Å². The Labute approximate surface area is 178 Å². The van der Waals surface area contributed by atoms with E-state index in [-0.39, 0.29) is 39.9 Å². The van der Waals surface area contributed by atoms with Gasteiger partial charge < -0.3 is 9.80 Å². The molecule has 2 unspecified atom stereocenters. The Hall–Kier alpha value is -2.51. The molecule has 1 saturated heterocycles. The van der Waals surface area contributed by atoms with Crippen molar-refractivity contribution in [3.63, 3.8) is 0 Å². The second-order valence-corrected chi connectivity index (χ2v) is 7.72. The van der Waals surface area contributed by atoms with E-state index in [2.05, 4.69) is 4.98 Å². The lowest BCUT2D eigenvalue weighted by atomic mass is 10.0. The fourth-order valence-electron chi connectivity index (χ4n) is 3.42. The van der Waals surface area contributed by atoms with E-state index in [9.17, 15) is 9.18 Å². The van der Waals surface area contributed by atoms with Crippen molar-refractivity contribution in [3.8, 4) is 0 Å². The van der Waals surface area contributed by atoms with Gasteiger partial charge in [-0.2, -0.15) is 0 Å². The van der Waals surface area contributed by atoms with Gasteiger partial charge in [-0.3, -0.25) is 15.6 Å². The zero-order valence-corrected chi connectivity index (χ0v) is 17.6. The Morgan fingerprint density at radius 2 is 1.90 bits per heavy atom. The van der Waals surface area contributed by atoms with Crippen LogP contribution in [-0.4, -0.2) is 51.0 Å². The van der Waals surface area contributed by atoms with Crippen LogP contribution in [0.2, 0.25) is 10.0 Å². The van der Waals surface area contributed by atoms with Gasteiger partial charge in [0.1, 0.15) is 17.3 Å². The van der Waals surface area contributed by atoms with Crippen molar-refractivity contribution in [1.82, 2.24) is 14.8 Å². The van der Waals surface area contributed by atoms with E-state index < -0.39 is 17.8 Å². The molecule has 6 nitrogen and oxygen atoms in total. The van der Waals surface area contributed by atoms with Gasteiger partial charge in [0.15, 0.2) is 5.84 Å². The lowest BCUT2D eigenvalue weighted by Crippen LogP contribution is -2.62. The van der Waals surface area contributed by atoms with Crippen molar-refractivity contribution < 1.29 is 9.18 Å². The molecule has 1 amide bonds. The quantitative estimate of drug-likeness (QED) is 0.417. The summed E-state index contributed by atoms with van der Waals surface area (Å²) >= 11 is 11.9. The van der Waals surface area contributed by atoms with E-state index in [0.717, 1.165) is 11.8 Å². The largest absolute Gasteiger partial charge is 0.324 e. The molecule has 1 aromatic carbocycles. The maximum atomic E-state index is 13.6. The maximum absolute atomic E-state index is 13.6. The van der Waals surface area contributed by atoms with Gasteiger partial charge >= 0.3 is 0 Å². The number of piperazine rings is 1. The highest BCUT2D eigenvalue weighted by Gasteiger charge is 2.39. The lowest BCUT2D eigenvalue weighted by molar-refractivity contribution is 0.0604. The zero-order valence-electron chi connectivity index (χ0n) is 16.1. The average Bonchev–Trinajstić information content (AvgIpc) is 2.68. The molecule has 0 bridgehead atoms. The maximum Gasteiger partial charge on any atom is 0.256 e. The molecule has 0 aliphatic carbocycles. The summed E-state index contributed by atoms with van der Waals surface area (Å²) < 4.78 is 13.6. The number of amidine groups is 2. The second kappa shape index (κ2) is 8.08. The van der Waals surface area contributed by atoms with Crippen LogP contribution in [-0.2, 0) is 0 Å². The van der Waals surface area contributed by atoms with Crippen LogP contribution in [0, 0.1) is 23.6 Å². The number of benzene rings is 1. The Morgan fingerprint density at radius 1 is 1.21 bits per heavy atom. The third-order valence-corrected chi connectivity index (χ3v) is 5.79. The van der Waals surface area contributed by atoms with Gasteiger partial charge in [0.2, 0.25) is 0 Å². The van der Waals surface area contributed by atoms with Crippen LogP contribution in [0.1, 0.15) is 35.6 Å². The molecule has 1 fully saturated rings. The summed E-state index contributed by atoms with van der Waals surface area (Å²) in [7, 11) is 0. The molecule has 0 saturated carbocycles. The molecule has 9 heteroatoms. The molecule has 2 aromatic rings. The average molecular weight is 436 g/mol. The Kier molecular flexibility index (Phi) is 5.91. The molecule has 152 valence electrons. The Bertz CT molecular complexity index is 1010. The number of pyridine rings is 1. The number of nitrogens with one attached hydrogen (secondary N) is 2. The molecule has 1 aromatic heterocycles. The topological polar surface area (TPSA) is 84.1 Å². The van der Waals surface area contributed by atoms with Crippen LogP contribution >= 0.6 is 23.2 Å². The molecule has 0 radical (unpaired) electrons. The fourth-order valence-corrected chi connectivity index (χ4v) is 3.82. The molecule has 2 heterocycles. The summed E-state index contributed by atoms with van der Waals surface area (Å²) in [5.41, 5.74) is 1.31. The predicted molar refractivity (Wildman–Crippen MR) is 112 cm³/mol. The zero-order chi connectivity index (χ0) is 21.5. The van der Waals surface area contributed by atoms with E-state index in [0.29, 0.717) is 5.69 Å². The number of halogens is 3. The second-order valence-electron chi connectivity index (χ2n) is 6.97. The normalized spacial score (nSPS) is 19.4. The summed E-state index contributed by atoms with van der Waals surface area (Å²) in [6.45, 7) is 5.61. The number of carbonyl (C=O) groups excluding carboxylic acids is 1. The molecule has 2 N–H and O–H groups in total. The highest BCUT2D eigenvalue weighted by molar-refractivity contribution is 6.44. The van der Waals surface area contributed by atoms with Crippen molar-refractivity contribution in [2.75, 3.05) is 6.54 Å². The number of hydrogen-bond donors (Lipinski definition) is 2. The molecular formula is C20H20Cl2FN5O. The van der Waals surface area contributed by atoms with Crippen LogP contribution in [0.5, 0.6) is 0 Å². The van der Waals surface area contributed by atoms with Gasteiger partial charge in [-0.25, -0.2) is 9.37 Å². The molecular weight excluding hydrogens is 416 g/mol. The molecule has 1 aliphatic heterocycles. The van der Waals surface area contributed by atoms with Crippen molar-refractivity contribution in [3.05, 3.63) is 63.1 Å². The third kappa shape index (κ3) is 3.84. The Balaban J connectivity index is 1.89. The Morgan fingerprint density at radius 3 is 2.55 bits per heavy atom. The highest BCUT2D eigenvalue weighted by Crippen LogP contribution is 2.31. The van der Waals surface area contributed by atoms with Gasteiger partial charge in [-0.05, 0) is 45.0 Å². The first-order valence-corrected chi connectivity index (χ1v) is 9.73. The minimum atomic E-state index is -0.703. The summed E-state index contributed by atoms with van der Waals surface area (Å²) in [5.74, 6) is -0.950. The first kappa shape index (κ1) is 21.2. The predicted octanol–water partition coefficient (Wildman–Crippen LogP) is 4.37. The van der Waals surface area contributed by atoms with Gasteiger partial charge in [0.25, 0.3) is 5.91 Å². The monoisotopic (exact) mass is 435 g/mol. The van der Waals surface area contributed by atoms with Crippen LogP contribution in [0.15, 0.2) is 30.3 Å². The molecule has 29 heavy (non-hydrogen) atoms. The van der Waals surface area contributed by atoms with E-state index in [4.69, 9.17) is 34.0 Å². The summed E-state index contributed by atoms with van der Waals surface area (Å²) in [6, 6.07) is 6.78. The van der Waals surface area contributed by atoms with E-state index in [1.807, 2.05) is 26.0 Å². The fraction of sp³-hybridized carbons (Fsp3) is 0.300. The minimum Gasteiger partial charge on any atom is -0.324 e. The highest BCUT2D eigenvalue weighted by atomic mass is 35.5. The first-order valence-electron chi connectivity index (χ1n) is 8.98. The van der Waals surface area contributed by atoms with E-state index in [1.54, 1.807) is 17.9 Å². The van der Waals surface area contributed by atoms with Crippen molar-refractivity contribution >= 4 is 40.8 Å². The van der Waals surface area contributed by atoms with Gasteiger partial charge in [-0.1, -0.05) is 29.3 Å². The van der Waals surface area contributed by atoms with E-state index >= 15 is 0 Å². The number of hydrogen-bond acceptors (Lipinski definition) is 4. The number of carbonyl (C=O) groups is 1. The smallest absolute Gasteiger partial charge is 0.256 e. The van der Waals surface area contributed by atoms with Gasteiger partial charge in [-0.15, -0.1) is 0 Å². The summed E-state index contributed by atoms with van der Waals surface area (Å²) in [6.07, 6.45) is 0. The number of amides is 1. The summed E-state index contributed by atoms with van der Waals surface area (Å²) in [4.78, 5) is 20.5. The van der Waals surface area contributed by atoms with Gasteiger partial charge in [0, 0.05) is 18.3 Å². The molecule has 0 spiro atoms. The minimum absolute atomic E-state index is 0.0773. The molecule has 2 atom stereocenters. The molecule has 3 rings (SSSR count). The standard InChI is InChI=1S/C20H20Cl2FN5O/c1-10-5-4-6-15(26-10)19(25)27-9-11(2)28(12(3)18(27)24)20(29)13-7-8-14(23)17(22)16(13)21/h4-8,11-12,24-25H,9H2,1-3H3. The van der Waals surface area contributed by atoms with Gasteiger partial charge in [0.05, 0.1) is 21.7 Å². The van der Waals surface area contributed by atoms with Crippen LogP contribution < -0.4 is 0 Å². The van der Waals surface area contributed by atoms with Crippen LogP contribution in [0.25, 0.3) is 0 Å².